The van der Waals surface area contributed by atoms with Crippen LogP contribution in [0.15, 0.2) is 24.8 Å². The summed E-state index contributed by atoms with van der Waals surface area (Å²) in [7, 11) is 2.31. The highest BCUT2D eigenvalue weighted by atomic mass is 16.3. The average molecular weight is 357 g/mol. The van der Waals surface area contributed by atoms with Gasteiger partial charge in [0.05, 0.1) is 37.8 Å². The summed E-state index contributed by atoms with van der Waals surface area (Å²) in [5.41, 5.74) is 7.42. The number of rotatable bonds is 3. The van der Waals surface area contributed by atoms with Crippen LogP contribution in [0.5, 0.6) is 5.75 Å². The SMILES string of the molecule is C=CC[N@+]1(C)CCC23C[C@@H](O)CC[C@H]2C1Cc1ccc(C(N)=O)c(O)c13. The molecule has 3 aliphatic rings. The fourth-order valence-electron chi connectivity index (χ4n) is 6.30. The van der Waals surface area contributed by atoms with Crippen LogP contribution in [-0.2, 0) is 11.8 Å². The second kappa shape index (κ2) is 5.83. The molecule has 4 N–H and O–H groups in total. The van der Waals surface area contributed by atoms with Crippen molar-refractivity contribution in [3.05, 3.63) is 41.5 Å². The number of aromatic hydroxyl groups is 1. The summed E-state index contributed by atoms with van der Waals surface area (Å²) in [5, 5.41) is 21.5. The Kier molecular flexibility index (Phi) is 3.93. The van der Waals surface area contributed by atoms with Crippen LogP contribution < -0.4 is 5.73 Å². The maximum Gasteiger partial charge on any atom is 0.252 e. The molecule has 1 aromatic carbocycles. The van der Waals surface area contributed by atoms with Crippen LogP contribution in [0.25, 0.3) is 0 Å². The van der Waals surface area contributed by atoms with E-state index in [1.165, 1.54) is 0 Å². The van der Waals surface area contributed by atoms with Crippen molar-refractivity contribution < 1.29 is 19.5 Å². The number of amides is 1. The number of likely N-dealkylation sites (tertiary alicyclic amines) is 1. The van der Waals surface area contributed by atoms with E-state index < -0.39 is 5.91 Å². The minimum atomic E-state index is -0.597. The number of likely N-dealkylation sites (N-methyl/N-ethyl adjacent to an activating group) is 1. The molecule has 2 unspecified atom stereocenters. The van der Waals surface area contributed by atoms with Gasteiger partial charge in [-0.25, -0.2) is 0 Å². The summed E-state index contributed by atoms with van der Waals surface area (Å²) in [6.45, 7) is 5.88. The summed E-state index contributed by atoms with van der Waals surface area (Å²) in [6, 6.07) is 4.06. The predicted molar refractivity (Wildman–Crippen MR) is 99.9 cm³/mol. The molecule has 5 atom stereocenters. The predicted octanol–water partition coefficient (Wildman–Crippen LogP) is 1.85. The lowest BCUT2D eigenvalue weighted by Gasteiger charge is -2.61. The number of nitrogens with two attached hydrogens (primary N) is 1. The summed E-state index contributed by atoms with van der Waals surface area (Å²) >= 11 is 0. The third kappa shape index (κ3) is 2.26. The van der Waals surface area contributed by atoms with Gasteiger partial charge < -0.3 is 20.4 Å². The molecule has 2 fully saturated rings. The number of phenols is 1. The molecule has 5 nitrogen and oxygen atoms in total. The topological polar surface area (TPSA) is 83.5 Å². The molecule has 2 aliphatic carbocycles. The Morgan fingerprint density at radius 3 is 2.92 bits per heavy atom. The van der Waals surface area contributed by atoms with Crippen molar-refractivity contribution >= 4 is 5.91 Å². The highest BCUT2D eigenvalue weighted by Crippen LogP contribution is 2.59. The molecule has 1 amide bonds. The molecule has 1 saturated carbocycles. The molecular formula is C21H29N2O3+. The van der Waals surface area contributed by atoms with Gasteiger partial charge in [0, 0.05) is 29.7 Å². The second-order valence-corrected chi connectivity index (χ2v) is 8.75. The van der Waals surface area contributed by atoms with E-state index in [1.807, 2.05) is 12.1 Å². The number of piperidine rings is 1. The van der Waals surface area contributed by atoms with Gasteiger partial charge in [0.2, 0.25) is 0 Å². The Morgan fingerprint density at radius 1 is 1.46 bits per heavy atom. The van der Waals surface area contributed by atoms with Crippen LogP contribution in [0.3, 0.4) is 0 Å². The average Bonchev–Trinajstić information content (AvgIpc) is 2.58. The first-order chi connectivity index (χ1) is 12.3. The van der Waals surface area contributed by atoms with E-state index in [1.54, 1.807) is 6.07 Å². The zero-order valence-electron chi connectivity index (χ0n) is 15.4. The maximum atomic E-state index is 11.8. The van der Waals surface area contributed by atoms with Crippen molar-refractivity contribution in [2.75, 3.05) is 20.1 Å². The van der Waals surface area contributed by atoms with Crippen LogP contribution >= 0.6 is 0 Å². The summed E-state index contributed by atoms with van der Waals surface area (Å²) in [4.78, 5) is 11.8. The fourth-order valence-corrected chi connectivity index (χ4v) is 6.30. The standard InChI is InChI=1S/C21H28N2O3/c1-3-9-23(2)10-8-21-12-14(24)5-7-16(21)17(23)11-13-4-6-15(20(22)26)19(25)18(13)21/h3-4,6,14,16-17,24H,1,5,7-12H2,2H3,(H2-,22,25,26)/p+1/t14-,16-,17?,21?,23+/m0/s1. The Hall–Kier alpha value is -1.85. The van der Waals surface area contributed by atoms with E-state index in [-0.39, 0.29) is 22.8 Å². The van der Waals surface area contributed by atoms with E-state index in [9.17, 15) is 15.0 Å². The van der Waals surface area contributed by atoms with Gasteiger partial charge in [-0.3, -0.25) is 4.79 Å². The van der Waals surface area contributed by atoms with Crippen molar-refractivity contribution in [2.45, 2.75) is 49.7 Å². The Labute approximate surface area is 154 Å². The number of primary amides is 1. The number of hydrogen-bond acceptors (Lipinski definition) is 3. The van der Waals surface area contributed by atoms with Gasteiger partial charge in [-0.15, -0.1) is 0 Å². The van der Waals surface area contributed by atoms with Crippen LogP contribution in [0.4, 0.5) is 0 Å². The van der Waals surface area contributed by atoms with Crippen molar-refractivity contribution in [2.24, 2.45) is 11.7 Å². The van der Waals surface area contributed by atoms with Crippen molar-refractivity contribution in [1.82, 2.24) is 0 Å². The Morgan fingerprint density at radius 2 is 2.23 bits per heavy atom. The summed E-state index contributed by atoms with van der Waals surface area (Å²) < 4.78 is 0.962. The Bertz CT molecular complexity index is 777. The zero-order valence-corrected chi connectivity index (χ0v) is 15.4. The number of benzene rings is 1. The molecular weight excluding hydrogens is 328 g/mol. The largest absolute Gasteiger partial charge is 0.507 e. The van der Waals surface area contributed by atoms with Crippen LogP contribution in [0.1, 0.15) is 47.2 Å². The van der Waals surface area contributed by atoms with Crippen molar-refractivity contribution in [1.29, 1.82) is 0 Å². The first-order valence-corrected chi connectivity index (χ1v) is 9.61. The molecule has 4 rings (SSSR count). The lowest BCUT2D eigenvalue weighted by molar-refractivity contribution is -0.940. The summed E-state index contributed by atoms with van der Waals surface area (Å²) in [6.07, 6.45) is 5.86. The molecule has 1 aromatic rings. The van der Waals surface area contributed by atoms with E-state index in [0.29, 0.717) is 18.4 Å². The molecule has 1 heterocycles. The molecule has 26 heavy (non-hydrogen) atoms. The number of aliphatic hydroxyl groups excluding tert-OH is 1. The monoisotopic (exact) mass is 357 g/mol. The highest BCUT2D eigenvalue weighted by molar-refractivity contribution is 5.96. The van der Waals surface area contributed by atoms with Gasteiger partial charge >= 0.3 is 0 Å². The molecule has 140 valence electrons. The number of quaternary nitrogens is 1. The third-order valence-corrected chi connectivity index (χ3v) is 7.46. The molecule has 0 aromatic heterocycles. The van der Waals surface area contributed by atoms with Gasteiger partial charge in [-0.2, -0.15) is 0 Å². The molecule has 0 spiro atoms. The van der Waals surface area contributed by atoms with Gasteiger partial charge in [0.1, 0.15) is 5.75 Å². The summed E-state index contributed by atoms with van der Waals surface area (Å²) in [5.74, 6) is -0.154. The van der Waals surface area contributed by atoms with Crippen molar-refractivity contribution in [3.63, 3.8) is 0 Å². The van der Waals surface area contributed by atoms with Gasteiger partial charge in [0.25, 0.3) is 5.91 Å². The molecule has 0 radical (unpaired) electrons. The van der Waals surface area contributed by atoms with E-state index in [2.05, 4.69) is 13.6 Å². The lowest BCUT2D eigenvalue weighted by Crippen LogP contribution is -2.69. The van der Waals surface area contributed by atoms with Crippen molar-refractivity contribution in [3.8, 4) is 5.75 Å². The van der Waals surface area contributed by atoms with Gasteiger partial charge in [-0.1, -0.05) is 12.6 Å². The number of fused-ring (bicyclic) bond motifs is 1. The smallest absolute Gasteiger partial charge is 0.252 e. The zero-order chi connectivity index (χ0) is 18.7. The molecule has 1 aliphatic heterocycles. The van der Waals surface area contributed by atoms with Crippen LogP contribution in [-0.4, -0.2) is 52.9 Å². The lowest BCUT2D eigenvalue weighted by atomic mass is 9.51. The Balaban J connectivity index is 1.93. The first-order valence-electron chi connectivity index (χ1n) is 9.61. The molecule has 1 saturated heterocycles. The quantitative estimate of drug-likeness (QED) is 0.570. The minimum Gasteiger partial charge on any atom is -0.507 e. The normalized spacial score (nSPS) is 38.2. The van der Waals surface area contributed by atoms with E-state index in [0.717, 1.165) is 54.4 Å². The first kappa shape index (κ1) is 17.6. The maximum absolute atomic E-state index is 11.8. The number of carbonyl (C=O) groups excluding carboxylic acids is 1. The van der Waals surface area contributed by atoms with Crippen LogP contribution in [0.2, 0.25) is 0 Å². The fraction of sp³-hybridized carbons (Fsp3) is 0.571. The number of aliphatic hydroxyl groups is 1. The molecule has 2 bridgehead atoms. The van der Waals surface area contributed by atoms with Gasteiger partial charge in [-0.05, 0) is 37.0 Å². The molecule has 5 heteroatoms. The minimum absolute atomic E-state index is 0.0485. The van der Waals surface area contributed by atoms with Gasteiger partial charge in [0.15, 0.2) is 0 Å². The second-order valence-electron chi connectivity index (χ2n) is 8.75. The number of carbonyl (C=O) groups is 1. The highest BCUT2D eigenvalue weighted by Gasteiger charge is 2.61. The van der Waals surface area contributed by atoms with E-state index >= 15 is 0 Å². The van der Waals surface area contributed by atoms with Crippen LogP contribution in [0, 0.1) is 5.92 Å². The number of nitrogens with zero attached hydrogens (tertiary/aromatic N) is 1. The number of hydrogen-bond donors (Lipinski definition) is 3. The van der Waals surface area contributed by atoms with E-state index in [4.69, 9.17) is 5.73 Å². The third-order valence-electron chi connectivity index (χ3n) is 7.46.